The third-order valence-electron chi connectivity index (χ3n) is 2.20. The van der Waals surface area contributed by atoms with Gasteiger partial charge in [-0.25, -0.2) is 0 Å². The highest BCUT2D eigenvalue weighted by Gasteiger charge is 2.17. The van der Waals surface area contributed by atoms with Crippen LogP contribution in [0.2, 0.25) is 0 Å². The van der Waals surface area contributed by atoms with Crippen LogP contribution in [0, 0.1) is 0 Å². The Labute approximate surface area is 95.7 Å². The average molecular weight is 222 g/mol. The molecule has 4 heteroatoms. The molecule has 1 aromatic rings. The molecule has 1 amide bonds. The van der Waals surface area contributed by atoms with E-state index in [9.17, 15) is 4.79 Å². The molecule has 0 atom stereocenters. The normalized spacial score (nSPS) is 10.1. The first kappa shape index (κ1) is 12.5. The van der Waals surface area contributed by atoms with Gasteiger partial charge in [-0.2, -0.15) is 0 Å². The van der Waals surface area contributed by atoms with Crippen LogP contribution in [-0.4, -0.2) is 23.9 Å². The van der Waals surface area contributed by atoms with Gasteiger partial charge in [0.2, 0.25) is 0 Å². The van der Waals surface area contributed by atoms with Crippen LogP contribution in [0.15, 0.2) is 29.2 Å². The molecular weight excluding hydrogens is 204 g/mol. The van der Waals surface area contributed by atoms with E-state index in [0.29, 0.717) is 31.2 Å². The van der Waals surface area contributed by atoms with Gasteiger partial charge in [0.15, 0.2) is 5.76 Å². The highest BCUT2D eigenvalue weighted by molar-refractivity contribution is 5.91. The molecule has 16 heavy (non-hydrogen) atoms. The lowest BCUT2D eigenvalue weighted by molar-refractivity contribution is 0.0740. The summed E-state index contributed by atoms with van der Waals surface area (Å²) >= 11 is 0. The lowest BCUT2D eigenvalue weighted by atomic mass is 10.3. The Bertz CT molecular complexity index is 358. The molecular formula is C12H18N2O2. The van der Waals surface area contributed by atoms with Crippen molar-refractivity contribution in [3.05, 3.63) is 36.3 Å². The zero-order valence-electron chi connectivity index (χ0n) is 9.61. The maximum absolute atomic E-state index is 12.0. The number of rotatable bonds is 6. The zero-order valence-corrected chi connectivity index (χ0v) is 9.61. The predicted octanol–water partition coefficient (Wildman–Crippen LogP) is 1.78. The second kappa shape index (κ2) is 6.12. The topological polar surface area (TPSA) is 59.5 Å². The summed E-state index contributed by atoms with van der Waals surface area (Å²) in [5.74, 6) is 0.857. The summed E-state index contributed by atoms with van der Waals surface area (Å²) in [6.45, 7) is 7.20. The SMILES string of the molecule is C=CCN(CCC)C(=O)c1ccc(CN)o1. The summed E-state index contributed by atoms with van der Waals surface area (Å²) in [4.78, 5) is 13.7. The maximum atomic E-state index is 12.0. The Kier molecular flexibility index (Phi) is 4.79. The van der Waals surface area contributed by atoms with Gasteiger partial charge in [0, 0.05) is 13.1 Å². The maximum Gasteiger partial charge on any atom is 0.289 e. The molecule has 0 radical (unpaired) electrons. The molecule has 0 spiro atoms. The van der Waals surface area contributed by atoms with E-state index < -0.39 is 0 Å². The molecule has 0 aromatic carbocycles. The Hall–Kier alpha value is -1.55. The fourth-order valence-corrected chi connectivity index (χ4v) is 1.46. The third kappa shape index (κ3) is 2.97. The zero-order chi connectivity index (χ0) is 12.0. The van der Waals surface area contributed by atoms with Crippen LogP contribution >= 0.6 is 0 Å². The lowest BCUT2D eigenvalue weighted by Gasteiger charge is -2.18. The fraction of sp³-hybridized carbons (Fsp3) is 0.417. The van der Waals surface area contributed by atoms with Crippen molar-refractivity contribution >= 4 is 5.91 Å². The quantitative estimate of drug-likeness (QED) is 0.746. The Morgan fingerprint density at radius 3 is 2.88 bits per heavy atom. The molecule has 0 fully saturated rings. The molecule has 0 aliphatic rings. The van der Waals surface area contributed by atoms with Crippen LogP contribution in [0.3, 0.4) is 0 Å². The number of nitrogens with two attached hydrogens (primary N) is 1. The number of hydrogen-bond acceptors (Lipinski definition) is 3. The third-order valence-corrected chi connectivity index (χ3v) is 2.20. The summed E-state index contributed by atoms with van der Waals surface area (Å²) in [5.41, 5.74) is 5.42. The lowest BCUT2D eigenvalue weighted by Crippen LogP contribution is -2.31. The standard InChI is InChI=1S/C12H18N2O2/c1-3-7-14(8-4-2)12(15)11-6-5-10(9-13)16-11/h3,5-6H,1,4,7-9,13H2,2H3. The summed E-state index contributed by atoms with van der Waals surface area (Å²) in [7, 11) is 0. The van der Waals surface area contributed by atoms with Crippen molar-refractivity contribution in [2.75, 3.05) is 13.1 Å². The van der Waals surface area contributed by atoms with E-state index in [1.807, 2.05) is 6.92 Å². The summed E-state index contributed by atoms with van der Waals surface area (Å²) in [6, 6.07) is 3.39. The second-order valence-electron chi connectivity index (χ2n) is 3.51. The number of hydrogen-bond donors (Lipinski definition) is 1. The highest BCUT2D eigenvalue weighted by atomic mass is 16.4. The van der Waals surface area contributed by atoms with Crippen LogP contribution in [0.5, 0.6) is 0 Å². The van der Waals surface area contributed by atoms with Gasteiger partial charge in [-0.3, -0.25) is 4.79 Å². The van der Waals surface area contributed by atoms with E-state index in [1.54, 1.807) is 23.1 Å². The van der Waals surface area contributed by atoms with E-state index >= 15 is 0 Å². The number of nitrogens with zero attached hydrogens (tertiary/aromatic N) is 1. The molecule has 0 unspecified atom stereocenters. The van der Waals surface area contributed by atoms with Crippen molar-refractivity contribution < 1.29 is 9.21 Å². The number of amides is 1. The van der Waals surface area contributed by atoms with Gasteiger partial charge in [-0.05, 0) is 18.6 Å². The predicted molar refractivity (Wildman–Crippen MR) is 63.0 cm³/mol. The Balaban J connectivity index is 2.76. The highest BCUT2D eigenvalue weighted by Crippen LogP contribution is 2.10. The summed E-state index contributed by atoms with van der Waals surface area (Å²) in [5, 5.41) is 0. The van der Waals surface area contributed by atoms with Gasteiger partial charge in [-0.1, -0.05) is 13.0 Å². The summed E-state index contributed by atoms with van der Waals surface area (Å²) < 4.78 is 5.32. The van der Waals surface area contributed by atoms with Gasteiger partial charge in [-0.15, -0.1) is 6.58 Å². The molecule has 88 valence electrons. The van der Waals surface area contributed by atoms with E-state index in [-0.39, 0.29) is 5.91 Å². The molecule has 0 saturated heterocycles. The first-order chi connectivity index (χ1) is 7.72. The van der Waals surface area contributed by atoms with Crippen LogP contribution in [-0.2, 0) is 6.54 Å². The minimum absolute atomic E-state index is 0.110. The number of carbonyl (C=O) groups excluding carboxylic acids is 1. The Morgan fingerprint density at radius 1 is 1.62 bits per heavy atom. The number of carbonyl (C=O) groups is 1. The van der Waals surface area contributed by atoms with Crippen molar-refractivity contribution in [3.8, 4) is 0 Å². The van der Waals surface area contributed by atoms with E-state index in [4.69, 9.17) is 10.2 Å². The molecule has 1 heterocycles. The van der Waals surface area contributed by atoms with Crippen molar-refractivity contribution in [1.82, 2.24) is 4.90 Å². The number of furan rings is 1. The molecule has 2 N–H and O–H groups in total. The van der Waals surface area contributed by atoms with Gasteiger partial charge in [0.05, 0.1) is 6.54 Å². The van der Waals surface area contributed by atoms with Crippen LogP contribution in [0.4, 0.5) is 0 Å². The van der Waals surface area contributed by atoms with Crippen molar-refractivity contribution in [2.45, 2.75) is 19.9 Å². The van der Waals surface area contributed by atoms with Crippen LogP contribution in [0.25, 0.3) is 0 Å². The van der Waals surface area contributed by atoms with E-state index in [0.717, 1.165) is 6.42 Å². The first-order valence-corrected chi connectivity index (χ1v) is 5.41. The fourth-order valence-electron chi connectivity index (χ4n) is 1.46. The van der Waals surface area contributed by atoms with Gasteiger partial charge < -0.3 is 15.1 Å². The van der Waals surface area contributed by atoms with Crippen LogP contribution in [0.1, 0.15) is 29.7 Å². The molecule has 1 rings (SSSR count). The molecule has 0 bridgehead atoms. The van der Waals surface area contributed by atoms with Gasteiger partial charge in [0.1, 0.15) is 5.76 Å². The van der Waals surface area contributed by atoms with Crippen molar-refractivity contribution in [3.63, 3.8) is 0 Å². The molecule has 0 aliphatic heterocycles. The largest absolute Gasteiger partial charge is 0.455 e. The van der Waals surface area contributed by atoms with Gasteiger partial charge in [0.25, 0.3) is 5.91 Å². The minimum atomic E-state index is -0.110. The molecule has 1 aromatic heterocycles. The molecule has 0 saturated carbocycles. The van der Waals surface area contributed by atoms with E-state index in [1.165, 1.54) is 0 Å². The monoisotopic (exact) mass is 222 g/mol. The van der Waals surface area contributed by atoms with E-state index in [2.05, 4.69) is 6.58 Å². The smallest absolute Gasteiger partial charge is 0.289 e. The summed E-state index contributed by atoms with van der Waals surface area (Å²) in [6.07, 6.45) is 2.62. The van der Waals surface area contributed by atoms with Gasteiger partial charge >= 0.3 is 0 Å². The second-order valence-corrected chi connectivity index (χ2v) is 3.51. The Morgan fingerprint density at radius 2 is 2.38 bits per heavy atom. The van der Waals surface area contributed by atoms with Crippen molar-refractivity contribution in [1.29, 1.82) is 0 Å². The minimum Gasteiger partial charge on any atom is -0.455 e. The van der Waals surface area contributed by atoms with Crippen LogP contribution < -0.4 is 5.73 Å². The van der Waals surface area contributed by atoms with Crippen molar-refractivity contribution in [2.24, 2.45) is 5.73 Å². The average Bonchev–Trinajstić information content (AvgIpc) is 2.76. The molecule has 4 nitrogen and oxygen atoms in total. The first-order valence-electron chi connectivity index (χ1n) is 5.41. The molecule has 0 aliphatic carbocycles.